The molecule has 1 atom stereocenters. The minimum absolute atomic E-state index is 0.135. The van der Waals surface area contributed by atoms with Gasteiger partial charge in [-0.3, -0.25) is 4.79 Å². The number of ether oxygens (including phenoxy) is 1. The quantitative estimate of drug-likeness (QED) is 0.500. The van der Waals surface area contributed by atoms with Gasteiger partial charge in [-0.1, -0.05) is 30.3 Å². The van der Waals surface area contributed by atoms with Gasteiger partial charge in [-0.25, -0.2) is 9.59 Å². The summed E-state index contributed by atoms with van der Waals surface area (Å²) in [6.07, 6.45) is 1.07. The smallest absolute Gasteiger partial charge is 0.408 e. The van der Waals surface area contributed by atoms with Crippen LogP contribution >= 0.6 is 0 Å². The molecule has 8 nitrogen and oxygen atoms in total. The van der Waals surface area contributed by atoms with Crippen LogP contribution in [0.5, 0.6) is 0 Å². The van der Waals surface area contributed by atoms with Crippen LogP contribution in [-0.2, 0) is 16.1 Å². The Bertz CT molecular complexity index is 536. The summed E-state index contributed by atoms with van der Waals surface area (Å²) >= 11 is 0. The zero-order chi connectivity index (χ0) is 17.8. The van der Waals surface area contributed by atoms with E-state index in [9.17, 15) is 14.4 Å². The molecule has 0 aliphatic rings. The summed E-state index contributed by atoms with van der Waals surface area (Å²) in [6.45, 7) is 0.559. The molecular formula is C16H24N4O4. The average Bonchev–Trinajstić information content (AvgIpc) is 2.58. The minimum Gasteiger partial charge on any atom is -0.445 e. The summed E-state index contributed by atoms with van der Waals surface area (Å²) in [6, 6.07) is 7.99. The van der Waals surface area contributed by atoms with Gasteiger partial charge in [0.25, 0.3) is 0 Å². The van der Waals surface area contributed by atoms with Gasteiger partial charge in [0, 0.05) is 13.6 Å². The highest BCUT2D eigenvalue weighted by Gasteiger charge is 2.19. The van der Waals surface area contributed by atoms with E-state index in [-0.39, 0.29) is 12.5 Å². The van der Waals surface area contributed by atoms with Crippen LogP contribution in [0.1, 0.15) is 24.8 Å². The molecule has 1 rings (SSSR count). The molecule has 0 saturated heterocycles. The molecule has 0 spiro atoms. The number of amides is 4. The third-order valence-electron chi connectivity index (χ3n) is 3.29. The first kappa shape index (κ1) is 19.3. The molecule has 0 fully saturated rings. The van der Waals surface area contributed by atoms with Crippen LogP contribution in [0.3, 0.4) is 0 Å². The second-order valence-electron chi connectivity index (χ2n) is 5.16. The van der Waals surface area contributed by atoms with E-state index in [1.165, 1.54) is 7.05 Å². The van der Waals surface area contributed by atoms with Crippen LogP contribution in [0.15, 0.2) is 30.3 Å². The standard InChI is InChI=1S/C16H24N4O4/c1-18-14(21)13(9-5-6-10-19-15(17)22)20-16(23)24-11-12-7-3-2-4-8-12/h2-4,7-8,13H,5-6,9-11H2,1H3,(H,18,21)(H,20,23)(H3,17,19,22)/t13-/m0/s1. The fourth-order valence-electron chi connectivity index (χ4n) is 2.04. The van der Waals surface area contributed by atoms with Crippen molar-refractivity contribution in [3.8, 4) is 0 Å². The third-order valence-corrected chi connectivity index (χ3v) is 3.29. The number of rotatable bonds is 9. The van der Waals surface area contributed by atoms with Gasteiger partial charge in [-0.15, -0.1) is 0 Å². The Kier molecular flexibility index (Phi) is 8.73. The van der Waals surface area contributed by atoms with E-state index in [1.54, 1.807) is 0 Å². The molecule has 0 heterocycles. The number of unbranched alkanes of at least 4 members (excludes halogenated alkanes) is 1. The molecule has 1 aromatic rings. The monoisotopic (exact) mass is 336 g/mol. The lowest BCUT2D eigenvalue weighted by molar-refractivity contribution is -0.122. The van der Waals surface area contributed by atoms with Gasteiger partial charge in [-0.2, -0.15) is 0 Å². The highest BCUT2D eigenvalue weighted by Crippen LogP contribution is 2.04. The van der Waals surface area contributed by atoms with Gasteiger partial charge < -0.3 is 26.4 Å². The average molecular weight is 336 g/mol. The Morgan fingerprint density at radius 2 is 1.88 bits per heavy atom. The molecule has 8 heteroatoms. The largest absolute Gasteiger partial charge is 0.445 e. The molecule has 5 N–H and O–H groups in total. The van der Waals surface area contributed by atoms with Gasteiger partial charge in [0.2, 0.25) is 5.91 Å². The molecule has 132 valence electrons. The fraction of sp³-hybridized carbons (Fsp3) is 0.438. The van der Waals surface area contributed by atoms with Crippen molar-refractivity contribution in [2.24, 2.45) is 5.73 Å². The van der Waals surface area contributed by atoms with Gasteiger partial charge >= 0.3 is 12.1 Å². The van der Waals surface area contributed by atoms with E-state index >= 15 is 0 Å². The number of alkyl carbamates (subject to hydrolysis) is 1. The molecule has 0 bridgehead atoms. The van der Waals surface area contributed by atoms with Crippen molar-refractivity contribution < 1.29 is 19.1 Å². The van der Waals surface area contributed by atoms with Gasteiger partial charge in [0.15, 0.2) is 0 Å². The van der Waals surface area contributed by atoms with Gasteiger partial charge in [0.05, 0.1) is 0 Å². The number of carbonyl (C=O) groups is 3. The maximum Gasteiger partial charge on any atom is 0.408 e. The van der Waals surface area contributed by atoms with Crippen molar-refractivity contribution in [2.75, 3.05) is 13.6 Å². The van der Waals surface area contributed by atoms with Crippen molar-refractivity contribution in [2.45, 2.75) is 31.9 Å². The lowest BCUT2D eigenvalue weighted by atomic mass is 10.1. The number of benzene rings is 1. The molecule has 0 aromatic heterocycles. The van der Waals surface area contributed by atoms with E-state index in [2.05, 4.69) is 16.0 Å². The topological polar surface area (TPSA) is 123 Å². The van der Waals surface area contributed by atoms with E-state index in [1.807, 2.05) is 30.3 Å². The maximum absolute atomic E-state index is 11.8. The summed E-state index contributed by atoms with van der Waals surface area (Å²) in [4.78, 5) is 34.2. The minimum atomic E-state index is -0.688. The Hall–Kier alpha value is -2.77. The molecule has 0 radical (unpaired) electrons. The number of carbonyl (C=O) groups excluding carboxylic acids is 3. The van der Waals surface area contributed by atoms with Gasteiger partial charge in [0.1, 0.15) is 12.6 Å². The molecule has 0 saturated carbocycles. The number of nitrogens with two attached hydrogens (primary N) is 1. The number of likely N-dealkylation sites (N-methyl/N-ethyl adjacent to an activating group) is 1. The summed E-state index contributed by atoms with van der Waals surface area (Å²) in [5.41, 5.74) is 5.83. The summed E-state index contributed by atoms with van der Waals surface area (Å²) in [5.74, 6) is -0.297. The zero-order valence-corrected chi connectivity index (χ0v) is 13.7. The number of hydrogen-bond acceptors (Lipinski definition) is 4. The first-order valence-corrected chi connectivity index (χ1v) is 7.75. The van der Waals surface area contributed by atoms with Crippen LogP contribution in [-0.4, -0.2) is 37.7 Å². The van der Waals surface area contributed by atoms with Crippen LogP contribution < -0.4 is 21.7 Å². The highest BCUT2D eigenvalue weighted by molar-refractivity contribution is 5.85. The van der Waals surface area contributed by atoms with Crippen molar-refractivity contribution >= 4 is 18.0 Å². The van der Waals surface area contributed by atoms with E-state index < -0.39 is 18.2 Å². The lowest BCUT2D eigenvalue weighted by Crippen LogP contribution is -2.45. The molecule has 0 aliphatic carbocycles. The number of hydrogen-bond donors (Lipinski definition) is 4. The number of nitrogens with one attached hydrogen (secondary N) is 3. The maximum atomic E-state index is 11.8. The summed E-state index contributed by atoms with van der Waals surface area (Å²) in [7, 11) is 1.50. The van der Waals surface area contributed by atoms with Crippen LogP contribution in [0.2, 0.25) is 0 Å². The predicted molar refractivity (Wildman–Crippen MR) is 89.1 cm³/mol. The second kappa shape index (κ2) is 10.9. The van der Waals surface area contributed by atoms with Crippen molar-refractivity contribution in [3.63, 3.8) is 0 Å². The Labute approximate surface area is 141 Å². The summed E-state index contributed by atoms with van der Waals surface area (Å²) in [5, 5.41) is 7.52. The molecule has 4 amide bonds. The highest BCUT2D eigenvalue weighted by atomic mass is 16.5. The first-order chi connectivity index (χ1) is 11.5. The van der Waals surface area contributed by atoms with E-state index in [4.69, 9.17) is 10.5 Å². The third kappa shape index (κ3) is 8.02. The van der Waals surface area contributed by atoms with Crippen molar-refractivity contribution in [1.82, 2.24) is 16.0 Å². The molecule has 0 unspecified atom stereocenters. The Morgan fingerprint density at radius 1 is 1.17 bits per heavy atom. The fourth-order valence-corrected chi connectivity index (χ4v) is 2.04. The van der Waals surface area contributed by atoms with Crippen LogP contribution in [0.4, 0.5) is 9.59 Å². The van der Waals surface area contributed by atoms with Crippen LogP contribution in [0, 0.1) is 0 Å². The second-order valence-corrected chi connectivity index (χ2v) is 5.16. The lowest BCUT2D eigenvalue weighted by Gasteiger charge is -2.17. The van der Waals surface area contributed by atoms with E-state index in [0.717, 1.165) is 5.56 Å². The normalized spacial score (nSPS) is 11.2. The zero-order valence-electron chi connectivity index (χ0n) is 13.7. The Morgan fingerprint density at radius 3 is 2.50 bits per heavy atom. The molecule has 24 heavy (non-hydrogen) atoms. The van der Waals surface area contributed by atoms with Crippen LogP contribution in [0.25, 0.3) is 0 Å². The van der Waals surface area contributed by atoms with Gasteiger partial charge in [-0.05, 0) is 24.8 Å². The van der Waals surface area contributed by atoms with Crippen molar-refractivity contribution in [3.05, 3.63) is 35.9 Å². The first-order valence-electron chi connectivity index (χ1n) is 7.75. The number of primary amides is 1. The molecule has 1 aromatic carbocycles. The Balaban J connectivity index is 2.36. The van der Waals surface area contributed by atoms with E-state index in [0.29, 0.717) is 25.8 Å². The van der Waals surface area contributed by atoms with Crippen molar-refractivity contribution in [1.29, 1.82) is 0 Å². The summed E-state index contributed by atoms with van der Waals surface area (Å²) < 4.78 is 5.11. The SMILES string of the molecule is CNC(=O)[C@H](CCCCNC(N)=O)NC(=O)OCc1ccccc1. The number of urea groups is 1. The predicted octanol–water partition coefficient (Wildman–Crippen LogP) is 0.866. The molecule has 0 aliphatic heterocycles. The molecular weight excluding hydrogens is 312 g/mol.